The summed E-state index contributed by atoms with van der Waals surface area (Å²) in [6, 6.07) is 17.5. The van der Waals surface area contributed by atoms with Crippen LogP contribution >= 0.6 is 0 Å². The molecule has 240 valence electrons. The Hall–Kier alpha value is -4.61. The summed E-state index contributed by atoms with van der Waals surface area (Å²) in [4.78, 5) is 60.8. The minimum atomic E-state index is -0.724. The number of amides is 4. The number of nitrogens with two attached hydrogens (primary N) is 1. The zero-order chi connectivity index (χ0) is 32.5. The number of aromatic nitrogens is 1. The van der Waals surface area contributed by atoms with Gasteiger partial charge in [-0.15, -0.1) is 0 Å². The van der Waals surface area contributed by atoms with Crippen molar-refractivity contribution in [1.82, 2.24) is 20.1 Å². The summed E-state index contributed by atoms with van der Waals surface area (Å²) in [5.74, 6) is 0.0147. The van der Waals surface area contributed by atoms with E-state index in [0.29, 0.717) is 56.8 Å². The molecule has 0 saturated carbocycles. The molecule has 4 amide bonds. The molecule has 1 aromatic heterocycles. The molecule has 11 nitrogen and oxygen atoms in total. The van der Waals surface area contributed by atoms with Crippen LogP contribution in [0.1, 0.15) is 47.6 Å². The van der Waals surface area contributed by atoms with E-state index in [2.05, 4.69) is 20.9 Å². The van der Waals surface area contributed by atoms with E-state index in [1.54, 1.807) is 16.0 Å². The molecule has 6 rings (SSSR count). The van der Waals surface area contributed by atoms with Crippen LogP contribution in [0.3, 0.4) is 0 Å². The van der Waals surface area contributed by atoms with Gasteiger partial charge in [-0.25, -0.2) is 4.98 Å². The van der Waals surface area contributed by atoms with Crippen LogP contribution < -0.4 is 21.7 Å². The SMILES string of the molecule is CNCc1ccccc1CN(CC(=O)Nc1ccc2c(c1)CC1(C2)C(=O)Nc2ncccc21)C(=O)C1(C)CCN(C(=O)CN)CC1. The van der Waals surface area contributed by atoms with Crippen molar-refractivity contribution in [3.8, 4) is 0 Å². The van der Waals surface area contributed by atoms with Crippen molar-refractivity contribution in [1.29, 1.82) is 0 Å². The van der Waals surface area contributed by atoms with Crippen LogP contribution in [0.2, 0.25) is 0 Å². The lowest BCUT2D eigenvalue weighted by Gasteiger charge is -2.41. The van der Waals surface area contributed by atoms with E-state index in [9.17, 15) is 19.2 Å². The minimum absolute atomic E-state index is 0.0533. The van der Waals surface area contributed by atoms with Gasteiger partial charge in [-0.1, -0.05) is 43.3 Å². The van der Waals surface area contributed by atoms with Crippen LogP contribution in [0, 0.1) is 5.41 Å². The van der Waals surface area contributed by atoms with E-state index >= 15 is 0 Å². The van der Waals surface area contributed by atoms with Crippen molar-refractivity contribution in [2.75, 3.05) is 43.9 Å². The number of fused-ring (bicyclic) bond motifs is 3. The van der Waals surface area contributed by atoms with Gasteiger partial charge in [0, 0.05) is 49.0 Å². The number of carbonyl (C=O) groups excluding carboxylic acids is 4. The maximum atomic E-state index is 14.2. The standard InChI is InChI=1S/C35H41N7O4/c1-34(11-14-41(15-12-34)30(44)19-36)33(46)42(21-25-7-4-3-6-24(25)20-37-2)22-29(43)39-27-10-9-23-17-35(18-26(23)16-27)28-8-5-13-38-31(28)40-32(35)45/h3-10,13,16,37H,11-12,14-15,17-22,36H2,1-2H3,(H,39,43)(H,38,40,45). The summed E-state index contributed by atoms with van der Waals surface area (Å²) in [7, 11) is 1.87. The number of nitrogens with one attached hydrogen (secondary N) is 3. The molecule has 3 aromatic rings. The summed E-state index contributed by atoms with van der Waals surface area (Å²) in [6.45, 7) is 3.55. The summed E-state index contributed by atoms with van der Waals surface area (Å²) in [5.41, 5.74) is 9.76. The highest BCUT2D eigenvalue weighted by Crippen LogP contribution is 2.47. The van der Waals surface area contributed by atoms with Crippen molar-refractivity contribution in [3.63, 3.8) is 0 Å². The van der Waals surface area contributed by atoms with Gasteiger partial charge in [-0.2, -0.15) is 0 Å². The second-order valence-corrected chi connectivity index (χ2v) is 12.9. The maximum absolute atomic E-state index is 14.2. The fourth-order valence-electron chi connectivity index (χ4n) is 7.17. The molecule has 11 heteroatoms. The molecule has 0 bridgehead atoms. The fourth-order valence-corrected chi connectivity index (χ4v) is 7.17. The summed E-state index contributed by atoms with van der Waals surface area (Å²) >= 11 is 0. The first-order valence-corrected chi connectivity index (χ1v) is 15.8. The van der Waals surface area contributed by atoms with Crippen LogP contribution in [0.15, 0.2) is 60.8 Å². The highest BCUT2D eigenvalue weighted by Gasteiger charge is 2.51. The Morgan fingerprint density at radius 2 is 1.76 bits per heavy atom. The molecule has 46 heavy (non-hydrogen) atoms. The van der Waals surface area contributed by atoms with Gasteiger partial charge in [-0.05, 0) is 73.2 Å². The molecular weight excluding hydrogens is 582 g/mol. The van der Waals surface area contributed by atoms with Crippen LogP contribution in [-0.4, -0.2) is 71.6 Å². The van der Waals surface area contributed by atoms with Gasteiger partial charge in [0.25, 0.3) is 0 Å². The van der Waals surface area contributed by atoms with Gasteiger partial charge in [0.2, 0.25) is 23.6 Å². The van der Waals surface area contributed by atoms with Crippen LogP contribution in [-0.2, 0) is 50.5 Å². The number of piperidine rings is 1. The molecule has 3 heterocycles. The predicted octanol–water partition coefficient (Wildman–Crippen LogP) is 2.34. The highest BCUT2D eigenvalue weighted by atomic mass is 16.2. The molecule has 1 spiro atoms. The number of hydrogen-bond donors (Lipinski definition) is 4. The number of likely N-dealkylation sites (tertiary alicyclic amines) is 1. The second-order valence-electron chi connectivity index (χ2n) is 12.9. The fraction of sp³-hybridized carbons (Fsp3) is 0.400. The van der Waals surface area contributed by atoms with Gasteiger partial charge in [-0.3, -0.25) is 19.2 Å². The minimum Gasteiger partial charge on any atom is -0.342 e. The molecule has 1 atom stereocenters. The van der Waals surface area contributed by atoms with E-state index in [-0.39, 0.29) is 43.3 Å². The first kappa shape index (κ1) is 31.4. The van der Waals surface area contributed by atoms with Crippen molar-refractivity contribution in [2.24, 2.45) is 11.1 Å². The monoisotopic (exact) mass is 623 g/mol. The summed E-state index contributed by atoms with van der Waals surface area (Å²) in [5, 5.41) is 9.12. The lowest BCUT2D eigenvalue weighted by atomic mass is 9.78. The van der Waals surface area contributed by atoms with Crippen molar-refractivity contribution in [2.45, 2.75) is 51.1 Å². The van der Waals surface area contributed by atoms with Crippen molar-refractivity contribution in [3.05, 3.63) is 88.6 Å². The third kappa shape index (κ3) is 5.88. The van der Waals surface area contributed by atoms with Gasteiger partial charge < -0.3 is 31.5 Å². The summed E-state index contributed by atoms with van der Waals surface area (Å²) in [6.07, 6.45) is 3.75. The van der Waals surface area contributed by atoms with Crippen LogP contribution in [0.25, 0.3) is 0 Å². The smallest absolute Gasteiger partial charge is 0.244 e. The molecule has 1 unspecified atom stereocenters. The van der Waals surface area contributed by atoms with Gasteiger partial charge in [0.1, 0.15) is 12.4 Å². The Bertz CT molecular complexity index is 1680. The Balaban J connectivity index is 1.20. The first-order chi connectivity index (χ1) is 22.2. The second kappa shape index (κ2) is 12.6. The Morgan fingerprint density at radius 1 is 1.02 bits per heavy atom. The zero-order valence-electron chi connectivity index (χ0n) is 26.4. The molecule has 1 aliphatic carbocycles. The normalized spacial score (nSPS) is 19.4. The molecule has 2 aromatic carbocycles. The molecule has 1 saturated heterocycles. The topological polar surface area (TPSA) is 150 Å². The summed E-state index contributed by atoms with van der Waals surface area (Å²) < 4.78 is 0. The molecule has 0 radical (unpaired) electrons. The van der Waals surface area contributed by atoms with Crippen molar-refractivity contribution < 1.29 is 19.2 Å². The van der Waals surface area contributed by atoms with E-state index in [4.69, 9.17) is 5.73 Å². The molecular formula is C35H41N7O4. The number of nitrogens with zero attached hydrogens (tertiary/aromatic N) is 3. The predicted molar refractivity (Wildman–Crippen MR) is 175 cm³/mol. The van der Waals surface area contributed by atoms with Crippen LogP contribution in [0.4, 0.5) is 11.5 Å². The largest absolute Gasteiger partial charge is 0.342 e. The number of carbonyl (C=O) groups is 4. The van der Waals surface area contributed by atoms with E-state index < -0.39 is 10.8 Å². The Morgan fingerprint density at radius 3 is 2.50 bits per heavy atom. The number of anilines is 2. The quantitative estimate of drug-likeness (QED) is 0.286. The van der Waals surface area contributed by atoms with E-state index in [1.165, 1.54) is 0 Å². The molecule has 1 fully saturated rings. The van der Waals surface area contributed by atoms with E-state index in [0.717, 1.165) is 27.8 Å². The average molecular weight is 624 g/mol. The van der Waals surface area contributed by atoms with E-state index in [1.807, 2.05) is 68.6 Å². The number of pyridine rings is 1. The molecule has 3 aliphatic rings. The first-order valence-electron chi connectivity index (χ1n) is 15.8. The third-order valence-electron chi connectivity index (χ3n) is 9.84. The number of benzene rings is 2. The Kier molecular flexibility index (Phi) is 8.63. The van der Waals surface area contributed by atoms with Crippen LogP contribution in [0.5, 0.6) is 0 Å². The average Bonchev–Trinajstić information content (AvgIpc) is 3.57. The van der Waals surface area contributed by atoms with Gasteiger partial charge in [0.05, 0.1) is 12.0 Å². The number of rotatable bonds is 9. The number of hydrogen-bond acceptors (Lipinski definition) is 7. The lowest BCUT2D eigenvalue weighted by Crippen LogP contribution is -2.52. The Labute approximate surface area is 268 Å². The van der Waals surface area contributed by atoms with Gasteiger partial charge >= 0.3 is 0 Å². The zero-order valence-corrected chi connectivity index (χ0v) is 26.4. The third-order valence-corrected chi connectivity index (χ3v) is 9.84. The lowest BCUT2D eigenvalue weighted by molar-refractivity contribution is -0.148. The maximum Gasteiger partial charge on any atom is 0.244 e. The van der Waals surface area contributed by atoms with Crippen molar-refractivity contribution >= 4 is 35.1 Å². The molecule has 2 aliphatic heterocycles. The molecule has 5 N–H and O–H groups in total. The highest BCUT2D eigenvalue weighted by molar-refractivity contribution is 6.06. The van der Waals surface area contributed by atoms with Gasteiger partial charge in [0.15, 0.2) is 0 Å².